The van der Waals surface area contributed by atoms with E-state index in [1.807, 2.05) is 26.0 Å². The molecule has 0 bridgehead atoms. The summed E-state index contributed by atoms with van der Waals surface area (Å²) in [6.07, 6.45) is 0. The van der Waals surface area contributed by atoms with Crippen molar-refractivity contribution in [2.45, 2.75) is 26.8 Å². The molecule has 4 heteroatoms. The van der Waals surface area contributed by atoms with Gasteiger partial charge >= 0.3 is 0 Å². The molecule has 1 aromatic carbocycles. The molecule has 0 aliphatic rings. The number of pyridine rings is 1. The van der Waals surface area contributed by atoms with Gasteiger partial charge in [-0.05, 0) is 45.0 Å². The lowest BCUT2D eigenvalue weighted by Gasteiger charge is -2.14. The summed E-state index contributed by atoms with van der Waals surface area (Å²) in [6, 6.07) is 12.5. The van der Waals surface area contributed by atoms with E-state index in [0.29, 0.717) is 0 Å². The summed E-state index contributed by atoms with van der Waals surface area (Å²) in [5, 5.41) is 4.60. The van der Waals surface area contributed by atoms with Crippen molar-refractivity contribution in [2.75, 3.05) is 5.32 Å². The predicted molar refractivity (Wildman–Crippen MR) is 85.4 cm³/mol. The van der Waals surface area contributed by atoms with Crippen molar-refractivity contribution in [3.63, 3.8) is 0 Å². The fraction of sp³-hybridized carbons (Fsp3) is 0.250. The average molecular weight is 283 g/mol. The standard InChI is InChI=1S/C16H17N3S/c1-10-8-9-13(11(2)17-10)18-12(3)16-19-14-6-4-5-7-15(14)20-16/h4-9,12,18H,1-3H3. The van der Waals surface area contributed by atoms with Crippen LogP contribution in [0.4, 0.5) is 5.69 Å². The van der Waals surface area contributed by atoms with Crippen LogP contribution in [0.25, 0.3) is 10.2 Å². The molecule has 102 valence electrons. The largest absolute Gasteiger partial charge is 0.375 e. The normalized spacial score (nSPS) is 12.6. The van der Waals surface area contributed by atoms with Crippen LogP contribution in [0, 0.1) is 13.8 Å². The highest BCUT2D eigenvalue weighted by Gasteiger charge is 2.12. The van der Waals surface area contributed by atoms with E-state index in [4.69, 9.17) is 4.98 Å². The van der Waals surface area contributed by atoms with Crippen LogP contribution in [0.15, 0.2) is 36.4 Å². The van der Waals surface area contributed by atoms with Gasteiger partial charge in [-0.1, -0.05) is 12.1 Å². The maximum atomic E-state index is 4.69. The third-order valence-corrected chi connectivity index (χ3v) is 4.50. The summed E-state index contributed by atoms with van der Waals surface area (Å²) >= 11 is 1.74. The number of benzene rings is 1. The van der Waals surface area contributed by atoms with E-state index >= 15 is 0 Å². The topological polar surface area (TPSA) is 37.8 Å². The van der Waals surface area contributed by atoms with Gasteiger partial charge in [0.15, 0.2) is 0 Å². The van der Waals surface area contributed by atoms with Crippen molar-refractivity contribution in [1.29, 1.82) is 0 Å². The number of fused-ring (bicyclic) bond motifs is 1. The molecule has 2 aromatic heterocycles. The predicted octanol–water partition coefficient (Wildman–Crippen LogP) is 4.48. The zero-order valence-electron chi connectivity index (χ0n) is 11.8. The Morgan fingerprint density at radius 2 is 1.85 bits per heavy atom. The molecule has 0 radical (unpaired) electrons. The smallest absolute Gasteiger partial charge is 0.116 e. The lowest BCUT2D eigenvalue weighted by atomic mass is 10.2. The molecule has 0 aliphatic carbocycles. The van der Waals surface area contributed by atoms with Crippen molar-refractivity contribution in [2.24, 2.45) is 0 Å². The van der Waals surface area contributed by atoms with E-state index in [-0.39, 0.29) is 6.04 Å². The third-order valence-electron chi connectivity index (χ3n) is 3.28. The molecule has 20 heavy (non-hydrogen) atoms. The lowest BCUT2D eigenvalue weighted by Crippen LogP contribution is -2.08. The van der Waals surface area contributed by atoms with Crippen LogP contribution < -0.4 is 5.32 Å². The second kappa shape index (κ2) is 5.21. The molecule has 0 fully saturated rings. The first-order valence-electron chi connectivity index (χ1n) is 6.70. The van der Waals surface area contributed by atoms with Gasteiger partial charge in [0.05, 0.1) is 27.6 Å². The molecule has 1 N–H and O–H groups in total. The van der Waals surface area contributed by atoms with Crippen molar-refractivity contribution >= 4 is 27.2 Å². The highest BCUT2D eigenvalue weighted by atomic mass is 32.1. The Morgan fingerprint density at radius 1 is 1.05 bits per heavy atom. The first-order valence-corrected chi connectivity index (χ1v) is 7.51. The lowest BCUT2D eigenvalue weighted by molar-refractivity contribution is 0.868. The number of nitrogens with one attached hydrogen (secondary N) is 1. The Hall–Kier alpha value is -1.94. The van der Waals surface area contributed by atoms with Crippen molar-refractivity contribution in [3.05, 3.63) is 52.8 Å². The molecule has 0 spiro atoms. The molecule has 3 aromatic rings. The van der Waals surface area contributed by atoms with Gasteiger partial charge in [0.25, 0.3) is 0 Å². The molecule has 0 saturated carbocycles. The van der Waals surface area contributed by atoms with Crippen molar-refractivity contribution in [1.82, 2.24) is 9.97 Å². The van der Waals surface area contributed by atoms with E-state index in [0.717, 1.165) is 27.6 Å². The van der Waals surface area contributed by atoms with E-state index in [9.17, 15) is 0 Å². The van der Waals surface area contributed by atoms with Crippen molar-refractivity contribution < 1.29 is 0 Å². The number of aromatic nitrogens is 2. The summed E-state index contributed by atoms with van der Waals surface area (Å²) in [5.74, 6) is 0. The fourth-order valence-electron chi connectivity index (χ4n) is 2.21. The molecular weight excluding hydrogens is 266 g/mol. The highest BCUT2D eigenvalue weighted by Crippen LogP contribution is 2.28. The van der Waals surface area contributed by atoms with Crippen LogP contribution in [0.1, 0.15) is 29.4 Å². The second-order valence-corrected chi connectivity index (χ2v) is 6.03. The summed E-state index contributed by atoms with van der Waals surface area (Å²) in [7, 11) is 0. The maximum absolute atomic E-state index is 4.69. The number of thiazole rings is 1. The Kier molecular flexibility index (Phi) is 3.40. The Bertz CT molecular complexity index is 715. The maximum Gasteiger partial charge on any atom is 0.116 e. The van der Waals surface area contributed by atoms with Gasteiger partial charge in [-0.25, -0.2) is 4.98 Å². The number of anilines is 1. The number of rotatable bonds is 3. The molecular formula is C16H17N3S. The number of para-hydroxylation sites is 1. The quantitative estimate of drug-likeness (QED) is 0.770. The van der Waals surface area contributed by atoms with Gasteiger partial charge < -0.3 is 5.32 Å². The first kappa shape index (κ1) is 13.1. The summed E-state index contributed by atoms with van der Waals surface area (Å²) < 4.78 is 1.23. The molecule has 1 unspecified atom stereocenters. The molecule has 0 aliphatic heterocycles. The number of hydrogen-bond acceptors (Lipinski definition) is 4. The molecule has 0 amide bonds. The third kappa shape index (κ3) is 2.51. The number of hydrogen-bond donors (Lipinski definition) is 1. The van der Waals surface area contributed by atoms with Crippen LogP contribution in [0.5, 0.6) is 0 Å². The Balaban J connectivity index is 1.86. The van der Waals surface area contributed by atoms with Crippen molar-refractivity contribution in [3.8, 4) is 0 Å². The average Bonchev–Trinajstić information content (AvgIpc) is 2.86. The minimum Gasteiger partial charge on any atom is -0.375 e. The van der Waals surface area contributed by atoms with Crippen LogP contribution in [0.2, 0.25) is 0 Å². The Labute approximate surface area is 122 Å². The number of aryl methyl sites for hydroxylation is 2. The summed E-state index contributed by atoms with van der Waals surface area (Å²) in [4.78, 5) is 9.18. The molecule has 2 heterocycles. The molecule has 3 nitrogen and oxygen atoms in total. The van der Waals surface area contributed by atoms with Crippen LogP contribution in [-0.4, -0.2) is 9.97 Å². The van der Waals surface area contributed by atoms with Gasteiger partial charge in [0.1, 0.15) is 5.01 Å². The van der Waals surface area contributed by atoms with Gasteiger partial charge in [0.2, 0.25) is 0 Å². The first-order chi connectivity index (χ1) is 9.63. The van der Waals surface area contributed by atoms with Gasteiger partial charge in [0, 0.05) is 5.69 Å². The minimum absolute atomic E-state index is 0.176. The van der Waals surface area contributed by atoms with Gasteiger partial charge in [-0.3, -0.25) is 4.98 Å². The molecule has 1 atom stereocenters. The molecule has 3 rings (SSSR count). The van der Waals surface area contributed by atoms with Crippen LogP contribution in [-0.2, 0) is 0 Å². The zero-order chi connectivity index (χ0) is 14.1. The summed E-state index contributed by atoms with van der Waals surface area (Å²) in [5.41, 5.74) is 4.21. The van der Waals surface area contributed by atoms with Gasteiger partial charge in [-0.15, -0.1) is 11.3 Å². The SMILES string of the molecule is Cc1ccc(NC(C)c2nc3ccccc3s2)c(C)n1. The fourth-order valence-corrected chi connectivity index (χ4v) is 3.18. The Morgan fingerprint density at radius 3 is 2.60 bits per heavy atom. The number of nitrogens with zero attached hydrogens (tertiary/aromatic N) is 2. The van der Waals surface area contributed by atoms with E-state index in [1.165, 1.54) is 4.70 Å². The summed E-state index contributed by atoms with van der Waals surface area (Å²) in [6.45, 7) is 6.17. The van der Waals surface area contributed by atoms with Crippen LogP contribution in [0.3, 0.4) is 0 Å². The minimum atomic E-state index is 0.176. The van der Waals surface area contributed by atoms with E-state index in [1.54, 1.807) is 11.3 Å². The van der Waals surface area contributed by atoms with E-state index in [2.05, 4.69) is 41.5 Å². The van der Waals surface area contributed by atoms with Gasteiger partial charge in [-0.2, -0.15) is 0 Å². The zero-order valence-corrected chi connectivity index (χ0v) is 12.7. The van der Waals surface area contributed by atoms with Crippen LogP contribution >= 0.6 is 11.3 Å². The monoisotopic (exact) mass is 283 g/mol. The second-order valence-electron chi connectivity index (χ2n) is 4.97. The highest BCUT2D eigenvalue weighted by molar-refractivity contribution is 7.18. The molecule has 0 saturated heterocycles. The van der Waals surface area contributed by atoms with E-state index < -0.39 is 0 Å².